The fraction of sp³-hybridized carbons (Fsp3) is 0.361. The molecule has 3 aromatic carbocycles. The van der Waals surface area contributed by atoms with Crippen LogP contribution in [0.3, 0.4) is 0 Å². The van der Waals surface area contributed by atoms with Crippen molar-refractivity contribution in [3.8, 4) is 11.1 Å². The summed E-state index contributed by atoms with van der Waals surface area (Å²) in [5.74, 6) is -2.62. The number of fused-ring (bicyclic) bond motifs is 3. The largest absolute Gasteiger partial charge is 0.449 e. The zero-order valence-electron chi connectivity index (χ0n) is 27.3. The van der Waals surface area contributed by atoms with Gasteiger partial charge in [-0.05, 0) is 55.0 Å². The first-order chi connectivity index (χ1) is 22.9. The Kier molecular flexibility index (Phi) is 12.4. The van der Waals surface area contributed by atoms with E-state index in [-0.39, 0.29) is 37.0 Å². The molecule has 0 radical (unpaired) electrons. The van der Waals surface area contributed by atoms with Crippen molar-refractivity contribution in [2.24, 2.45) is 0 Å². The van der Waals surface area contributed by atoms with Crippen LogP contribution in [0.25, 0.3) is 11.1 Å². The highest BCUT2D eigenvalue weighted by atomic mass is 16.5. The van der Waals surface area contributed by atoms with Gasteiger partial charge in [0.15, 0.2) is 0 Å². The molecule has 3 aromatic rings. The number of nitrogens with zero attached hydrogens (tertiary/aromatic N) is 1. The third-order valence-electron chi connectivity index (χ3n) is 7.68. The van der Waals surface area contributed by atoms with Gasteiger partial charge in [-0.15, -0.1) is 0 Å². The number of carbonyl (C=O) groups excluding carboxylic acids is 5. The standard InChI is InChI=1S/C36H42N4O8/c1-36(2,3)48-18-17-31(39-35(45)47-23-30-28-15-9-7-13-26(28)27-14-8-10-16-29(27)30)34(44)40(46)21-33(43)37-20-32(42)38-25(22-41)19-24-11-5-4-6-12-24/h4-16,22,25,30-31,46H,17-21,23H2,1-3H3,(H,37,43)(H,38,42)(H,39,45)/t25-,31-/m0/s1. The summed E-state index contributed by atoms with van der Waals surface area (Å²) in [4.78, 5) is 62.5. The Bertz CT molecular complexity index is 1540. The Hall–Kier alpha value is -5.07. The summed E-state index contributed by atoms with van der Waals surface area (Å²) in [7, 11) is 0. The SMILES string of the molecule is CC(C)(C)OCC[C@H](NC(=O)OCC1c2ccccc2-c2ccccc21)C(=O)N(O)CC(=O)NCC(=O)N[C@H](C=O)Cc1ccccc1. The summed E-state index contributed by atoms with van der Waals surface area (Å²) >= 11 is 0. The molecular formula is C36H42N4O8. The quantitative estimate of drug-likeness (QED) is 0.110. The molecule has 4 N–H and O–H groups in total. The van der Waals surface area contributed by atoms with Crippen LogP contribution in [0.4, 0.5) is 4.79 Å². The predicted octanol–water partition coefficient (Wildman–Crippen LogP) is 3.36. The number of hydrogen-bond donors (Lipinski definition) is 4. The van der Waals surface area contributed by atoms with Crippen LogP contribution in [0.2, 0.25) is 0 Å². The zero-order chi connectivity index (χ0) is 34.7. The van der Waals surface area contributed by atoms with Crippen LogP contribution in [0, 0.1) is 0 Å². The van der Waals surface area contributed by atoms with Crippen LogP contribution in [0.1, 0.15) is 49.8 Å². The van der Waals surface area contributed by atoms with E-state index < -0.39 is 54.6 Å². The van der Waals surface area contributed by atoms with Gasteiger partial charge < -0.3 is 30.2 Å². The molecule has 12 heteroatoms. The van der Waals surface area contributed by atoms with E-state index in [2.05, 4.69) is 16.0 Å². The molecule has 0 spiro atoms. The van der Waals surface area contributed by atoms with E-state index in [1.165, 1.54) is 0 Å². The first-order valence-corrected chi connectivity index (χ1v) is 15.8. The smallest absolute Gasteiger partial charge is 0.407 e. The van der Waals surface area contributed by atoms with Gasteiger partial charge in [0.2, 0.25) is 11.8 Å². The molecule has 0 aliphatic heterocycles. The van der Waals surface area contributed by atoms with E-state index in [1.807, 2.05) is 99.6 Å². The van der Waals surface area contributed by atoms with E-state index in [9.17, 15) is 29.2 Å². The second-order valence-electron chi connectivity index (χ2n) is 12.4. The second kappa shape index (κ2) is 16.7. The Morgan fingerprint density at radius 1 is 0.875 bits per heavy atom. The molecule has 0 bridgehead atoms. The summed E-state index contributed by atoms with van der Waals surface area (Å²) < 4.78 is 11.3. The molecule has 12 nitrogen and oxygen atoms in total. The van der Waals surface area contributed by atoms with Crippen LogP contribution in [-0.2, 0) is 35.1 Å². The molecular weight excluding hydrogens is 616 g/mol. The number of hydrogen-bond acceptors (Lipinski definition) is 8. The monoisotopic (exact) mass is 658 g/mol. The highest BCUT2D eigenvalue weighted by Gasteiger charge is 2.31. The van der Waals surface area contributed by atoms with Crippen LogP contribution in [0.5, 0.6) is 0 Å². The third kappa shape index (κ3) is 10.2. The lowest BCUT2D eigenvalue weighted by atomic mass is 9.98. The lowest BCUT2D eigenvalue weighted by Crippen LogP contribution is -2.51. The molecule has 48 heavy (non-hydrogen) atoms. The summed E-state index contributed by atoms with van der Waals surface area (Å²) in [6.07, 6.45) is -0.00949. The Labute approximate surface area is 279 Å². The van der Waals surface area contributed by atoms with Crippen LogP contribution in [-0.4, -0.2) is 84.4 Å². The Balaban J connectivity index is 1.30. The topological polar surface area (TPSA) is 163 Å². The lowest BCUT2D eigenvalue weighted by molar-refractivity contribution is -0.171. The summed E-state index contributed by atoms with van der Waals surface area (Å²) in [5, 5.41) is 18.0. The summed E-state index contributed by atoms with van der Waals surface area (Å²) in [6, 6.07) is 22.8. The average molecular weight is 659 g/mol. The highest BCUT2D eigenvalue weighted by molar-refractivity contribution is 5.90. The summed E-state index contributed by atoms with van der Waals surface area (Å²) in [6.45, 7) is 4.28. The van der Waals surface area contributed by atoms with Gasteiger partial charge in [-0.3, -0.25) is 19.6 Å². The van der Waals surface area contributed by atoms with Gasteiger partial charge in [-0.25, -0.2) is 9.86 Å². The molecule has 0 saturated carbocycles. The fourth-order valence-corrected chi connectivity index (χ4v) is 5.41. The second-order valence-corrected chi connectivity index (χ2v) is 12.4. The molecule has 0 unspecified atom stereocenters. The van der Waals surface area contributed by atoms with Crippen LogP contribution in [0.15, 0.2) is 78.9 Å². The first-order valence-electron chi connectivity index (χ1n) is 15.8. The van der Waals surface area contributed by atoms with E-state index >= 15 is 0 Å². The van der Waals surface area contributed by atoms with E-state index in [1.54, 1.807) is 0 Å². The molecule has 0 aromatic heterocycles. The molecule has 0 fully saturated rings. The lowest BCUT2D eigenvalue weighted by Gasteiger charge is -2.25. The minimum absolute atomic E-state index is 0.0167. The van der Waals surface area contributed by atoms with E-state index in [4.69, 9.17) is 9.47 Å². The van der Waals surface area contributed by atoms with Crippen molar-refractivity contribution in [2.45, 2.75) is 57.2 Å². The summed E-state index contributed by atoms with van der Waals surface area (Å²) in [5.41, 5.74) is 4.51. The number of rotatable bonds is 15. The Morgan fingerprint density at radius 2 is 1.48 bits per heavy atom. The van der Waals surface area contributed by atoms with Crippen molar-refractivity contribution in [3.63, 3.8) is 0 Å². The van der Waals surface area contributed by atoms with Crippen LogP contribution < -0.4 is 16.0 Å². The molecule has 4 rings (SSSR count). The number of nitrogens with one attached hydrogen (secondary N) is 3. The molecule has 1 aliphatic rings. The fourth-order valence-electron chi connectivity index (χ4n) is 5.41. The van der Waals surface area contributed by atoms with E-state index in [0.29, 0.717) is 6.29 Å². The number of aldehydes is 1. The molecule has 2 atom stereocenters. The number of carbonyl (C=O) groups is 5. The number of benzene rings is 3. The van der Waals surface area contributed by atoms with Crippen molar-refractivity contribution >= 4 is 30.1 Å². The molecule has 254 valence electrons. The molecule has 0 saturated heterocycles. The van der Waals surface area contributed by atoms with Gasteiger partial charge >= 0.3 is 6.09 Å². The number of amides is 4. The van der Waals surface area contributed by atoms with Crippen molar-refractivity contribution in [3.05, 3.63) is 95.6 Å². The Morgan fingerprint density at radius 3 is 2.08 bits per heavy atom. The first kappa shape index (κ1) is 35.8. The van der Waals surface area contributed by atoms with Crippen LogP contribution >= 0.6 is 0 Å². The van der Waals surface area contributed by atoms with Crippen molar-refractivity contribution in [1.82, 2.24) is 21.0 Å². The normalized spacial score (nSPS) is 13.3. The van der Waals surface area contributed by atoms with Gasteiger partial charge in [0, 0.05) is 18.9 Å². The third-order valence-corrected chi connectivity index (χ3v) is 7.68. The molecule has 4 amide bonds. The van der Waals surface area contributed by atoms with Gasteiger partial charge in [-0.1, -0.05) is 78.9 Å². The zero-order valence-corrected chi connectivity index (χ0v) is 27.3. The molecule has 1 aliphatic carbocycles. The number of alkyl carbamates (subject to hydrolysis) is 1. The van der Waals surface area contributed by atoms with Gasteiger partial charge in [0.05, 0.1) is 18.2 Å². The minimum atomic E-state index is -1.28. The van der Waals surface area contributed by atoms with Gasteiger partial charge in [-0.2, -0.15) is 0 Å². The van der Waals surface area contributed by atoms with E-state index in [0.717, 1.165) is 27.8 Å². The van der Waals surface area contributed by atoms with Gasteiger partial charge in [0.1, 0.15) is 25.5 Å². The maximum Gasteiger partial charge on any atom is 0.407 e. The minimum Gasteiger partial charge on any atom is -0.449 e. The highest BCUT2D eigenvalue weighted by Crippen LogP contribution is 2.44. The molecule has 0 heterocycles. The maximum atomic E-state index is 13.2. The number of hydroxylamine groups is 2. The predicted molar refractivity (Wildman–Crippen MR) is 177 cm³/mol. The maximum absolute atomic E-state index is 13.2. The average Bonchev–Trinajstić information content (AvgIpc) is 3.38. The number of ether oxygens (including phenoxy) is 2. The van der Waals surface area contributed by atoms with Crippen molar-refractivity contribution in [1.29, 1.82) is 0 Å². The van der Waals surface area contributed by atoms with Crippen molar-refractivity contribution in [2.75, 3.05) is 26.3 Å². The van der Waals surface area contributed by atoms with Crippen molar-refractivity contribution < 1.29 is 38.7 Å². The van der Waals surface area contributed by atoms with Gasteiger partial charge in [0.25, 0.3) is 5.91 Å².